The van der Waals surface area contributed by atoms with Crippen LogP contribution in [0.25, 0.3) is 0 Å². The number of rotatable bonds is 3. The fourth-order valence-electron chi connectivity index (χ4n) is 2.33. The summed E-state index contributed by atoms with van der Waals surface area (Å²) in [5.74, 6) is -0.870. The normalized spacial score (nSPS) is 25.4. The minimum atomic E-state index is -3.21. The van der Waals surface area contributed by atoms with Crippen molar-refractivity contribution in [2.45, 2.75) is 18.4 Å². The number of hydrogen-bond donors (Lipinski definition) is 1. The van der Waals surface area contributed by atoms with Crippen molar-refractivity contribution >= 4 is 15.5 Å². The maximum atomic E-state index is 13.2. The minimum Gasteiger partial charge on any atom is -0.324 e. The van der Waals surface area contributed by atoms with Gasteiger partial charge in [-0.2, -0.15) is 0 Å². The second kappa shape index (κ2) is 4.53. The SMILES string of the molecule is NC1(Cc2cc(F)ccc2[N+](=O)[O-])CCS(=O)(=O)C1. The van der Waals surface area contributed by atoms with Crippen LogP contribution in [0.3, 0.4) is 0 Å². The molecule has 1 saturated heterocycles. The van der Waals surface area contributed by atoms with Crippen molar-refractivity contribution in [3.8, 4) is 0 Å². The molecule has 1 atom stereocenters. The Bertz CT molecular complexity index is 632. The van der Waals surface area contributed by atoms with Gasteiger partial charge < -0.3 is 5.73 Å². The standard InChI is InChI=1S/C11H13FN2O4S/c12-9-1-2-10(14(15)16)8(5-9)6-11(13)3-4-19(17,18)7-11/h1-2,5H,3-4,6-7,13H2. The molecule has 19 heavy (non-hydrogen) atoms. The molecule has 1 aromatic carbocycles. The molecular weight excluding hydrogens is 275 g/mol. The lowest BCUT2D eigenvalue weighted by Gasteiger charge is -2.21. The number of hydrogen-bond acceptors (Lipinski definition) is 5. The van der Waals surface area contributed by atoms with Gasteiger partial charge in [-0.1, -0.05) is 0 Å². The van der Waals surface area contributed by atoms with Crippen molar-refractivity contribution in [2.24, 2.45) is 5.73 Å². The van der Waals surface area contributed by atoms with Crippen molar-refractivity contribution in [3.05, 3.63) is 39.7 Å². The highest BCUT2D eigenvalue weighted by atomic mass is 32.2. The van der Waals surface area contributed by atoms with Gasteiger partial charge in [0.05, 0.1) is 16.4 Å². The van der Waals surface area contributed by atoms with Gasteiger partial charge in [0, 0.05) is 17.2 Å². The van der Waals surface area contributed by atoms with Gasteiger partial charge in [-0.05, 0) is 25.0 Å². The third-order valence-electron chi connectivity index (χ3n) is 3.20. The van der Waals surface area contributed by atoms with Crippen molar-refractivity contribution in [2.75, 3.05) is 11.5 Å². The summed E-state index contributed by atoms with van der Waals surface area (Å²) in [6.45, 7) is 0. The molecule has 0 spiro atoms. The summed E-state index contributed by atoms with van der Waals surface area (Å²) in [7, 11) is -3.21. The van der Waals surface area contributed by atoms with Crippen molar-refractivity contribution in [1.82, 2.24) is 0 Å². The van der Waals surface area contributed by atoms with Crippen molar-refractivity contribution in [1.29, 1.82) is 0 Å². The summed E-state index contributed by atoms with van der Waals surface area (Å²) in [5, 5.41) is 10.9. The number of nitrogens with two attached hydrogens (primary N) is 1. The summed E-state index contributed by atoms with van der Waals surface area (Å²) >= 11 is 0. The monoisotopic (exact) mass is 288 g/mol. The summed E-state index contributed by atoms with van der Waals surface area (Å²) in [4.78, 5) is 10.2. The molecule has 0 bridgehead atoms. The highest BCUT2D eigenvalue weighted by Gasteiger charge is 2.40. The lowest BCUT2D eigenvalue weighted by Crippen LogP contribution is -2.43. The molecule has 8 heteroatoms. The number of sulfone groups is 1. The third kappa shape index (κ3) is 3.07. The number of halogens is 1. The van der Waals surface area contributed by atoms with Gasteiger partial charge in [-0.15, -0.1) is 0 Å². The molecule has 1 aliphatic heterocycles. The molecule has 2 rings (SSSR count). The van der Waals surface area contributed by atoms with E-state index < -0.39 is 26.1 Å². The van der Waals surface area contributed by atoms with Crippen LogP contribution in [-0.4, -0.2) is 30.4 Å². The Balaban J connectivity index is 2.33. The lowest BCUT2D eigenvalue weighted by atomic mass is 9.90. The zero-order chi connectivity index (χ0) is 14.3. The Labute approximate surface area is 109 Å². The van der Waals surface area contributed by atoms with Crippen LogP contribution in [0.5, 0.6) is 0 Å². The van der Waals surface area contributed by atoms with E-state index in [-0.39, 0.29) is 35.6 Å². The van der Waals surface area contributed by atoms with Gasteiger partial charge in [0.2, 0.25) is 0 Å². The van der Waals surface area contributed by atoms with Gasteiger partial charge in [0.25, 0.3) is 5.69 Å². The van der Waals surface area contributed by atoms with Gasteiger partial charge in [0.1, 0.15) is 5.82 Å². The zero-order valence-electron chi connectivity index (χ0n) is 10.0. The molecule has 2 N–H and O–H groups in total. The van der Waals surface area contributed by atoms with Crippen molar-refractivity contribution < 1.29 is 17.7 Å². The molecule has 0 aliphatic carbocycles. The van der Waals surface area contributed by atoms with Gasteiger partial charge in [-0.25, -0.2) is 12.8 Å². The molecule has 6 nitrogen and oxygen atoms in total. The molecule has 1 heterocycles. The molecule has 104 valence electrons. The number of benzene rings is 1. The largest absolute Gasteiger partial charge is 0.324 e. The topological polar surface area (TPSA) is 103 Å². The van der Waals surface area contributed by atoms with Gasteiger partial charge >= 0.3 is 0 Å². The predicted molar refractivity (Wildman–Crippen MR) is 66.9 cm³/mol. The van der Waals surface area contributed by atoms with E-state index in [0.29, 0.717) is 0 Å². The number of nitro benzene ring substituents is 1. The molecule has 1 aromatic rings. The number of nitrogens with zero attached hydrogens (tertiary/aromatic N) is 1. The summed E-state index contributed by atoms with van der Waals surface area (Å²) in [6.07, 6.45) is 0.198. The van der Waals surface area contributed by atoms with E-state index in [1.165, 1.54) is 0 Å². The minimum absolute atomic E-state index is 0.0275. The van der Waals surface area contributed by atoms with Gasteiger partial charge in [0.15, 0.2) is 9.84 Å². The van der Waals surface area contributed by atoms with Crippen molar-refractivity contribution in [3.63, 3.8) is 0 Å². The first kappa shape index (κ1) is 13.9. The van der Waals surface area contributed by atoms with E-state index in [1.54, 1.807) is 0 Å². The maximum Gasteiger partial charge on any atom is 0.272 e. The average molecular weight is 288 g/mol. The molecule has 1 unspecified atom stereocenters. The van der Waals surface area contributed by atoms with Crippen LogP contribution >= 0.6 is 0 Å². The van der Waals surface area contributed by atoms with Crippen LogP contribution in [0.1, 0.15) is 12.0 Å². The fraction of sp³-hybridized carbons (Fsp3) is 0.455. The second-order valence-electron chi connectivity index (χ2n) is 4.91. The summed E-state index contributed by atoms with van der Waals surface area (Å²) in [5.41, 5.74) is 4.79. The van der Waals surface area contributed by atoms with Crippen LogP contribution in [0, 0.1) is 15.9 Å². The highest BCUT2D eigenvalue weighted by Crippen LogP contribution is 2.29. The van der Waals surface area contributed by atoms with Gasteiger partial charge in [-0.3, -0.25) is 10.1 Å². The van der Waals surface area contributed by atoms with Crippen LogP contribution < -0.4 is 5.73 Å². The Morgan fingerprint density at radius 3 is 2.68 bits per heavy atom. The first-order valence-corrected chi connectivity index (χ1v) is 7.45. The Hall–Kier alpha value is -1.54. The Kier molecular flexibility index (Phi) is 3.31. The molecule has 0 amide bonds. The van der Waals surface area contributed by atoms with E-state index in [1.807, 2.05) is 0 Å². The molecule has 0 radical (unpaired) electrons. The van der Waals surface area contributed by atoms with Crippen LogP contribution in [-0.2, 0) is 16.3 Å². The van der Waals surface area contributed by atoms with E-state index in [0.717, 1.165) is 18.2 Å². The lowest BCUT2D eigenvalue weighted by molar-refractivity contribution is -0.385. The van der Waals surface area contributed by atoms with E-state index in [2.05, 4.69) is 0 Å². The molecule has 1 fully saturated rings. The van der Waals surface area contributed by atoms with Crippen LogP contribution in [0.4, 0.5) is 10.1 Å². The van der Waals surface area contributed by atoms with E-state index >= 15 is 0 Å². The molecule has 0 saturated carbocycles. The quantitative estimate of drug-likeness (QED) is 0.654. The van der Waals surface area contributed by atoms with E-state index in [4.69, 9.17) is 5.73 Å². The first-order valence-electron chi connectivity index (χ1n) is 5.63. The first-order chi connectivity index (χ1) is 8.71. The Morgan fingerprint density at radius 2 is 2.16 bits per heavy atom. The highest BCUT2D eigenvalue weighted by molar-refractivity contribution is 7.91. The summed E-state index contributed by atoms with van der Waals surface area (Å²) < 4.78 is 36.0. The van der Waals surface area contributed by atoms with Crippen LogP contribution in [0.15, 0.2) is 18.2 Å². The number of nitro groups is 1. The molecule has 1 aliphatic rings. The maximum absolute atomic E-state index is 13.2. The van der Waals surface area contributed by atoms with Crippen LogP contribution in [0.2, 0.25) is 0 Å². The second-order valence-corrected chi connectivity index (χ2v) is 7.10. The fourth-order valence-corrected chi connectivity index (χ4v) is 4.32. The van der Waals surface area contributed by atoms with E-state index in [9.17, 15) is 22.9 Å². The Morgan fingerprint density at radius 1 is 1.47 bits per heavy atom. The molecular formula is C11H13FN2O4S. The average Bonchev–Trinajstić information content (AvgIpc) is 2.52. The molecule has 0 aromatic heterocycles. The third-order valence-corrected chi connectivity index (χ3v) is 5.04. The zero-order valence-corrected chi connectivity index (χ0v) is 10.8. The predicted octanol–water partition coefficient (Wildman–Crippen LogP) is 0.792. The summed E-state index contributed by atoms with van der Waals surface area (Å²) in [6, 6.07) is 3.10. The smallest absolute Gasteiger partial charge is 0.272 e.